The Morgan fingerprint density at radius 3 is 3.00 bits per heavy atom. The number of hydrogen-bond donors (Lipinski definition) is 2. The summed E-state index contributed by atoms with van der Waals surface area (Å²) in [5.41, 5.74) is 4.44. The molecule has 4 heteroatoms. The van der Waals surface area contributed by atoms with Crippen molar-refractivity contribution >= 4 is 5.84 Å². The quantitative estimate of drug-likeness (QED) is 0.302. The van der Waals surface area contributed by atoms with Crippen LogP contribution in [0.5, 0.6) is 0 Å². The number of hydrazine groups is 1. The van der Waals surface area contributed by atoms with Crippen molar-refractivity contribution in [3.05, 3.63) is 29.6 Å². The van der Waals surface area contributed by atoms with Crippen molar-refractivity contribution < 1.29 is 0 Å². The van der Waals surface area contributed by atoms with Gasteiger partial charge in [-0.05, 0) is 26.0 Å². The third-order valence-corrected chi connectivity index (χ3v) is 1.71. The van der Waals surface area contributed by atoms with Crippen LogP contribution >= 0.6 is 0 Å². The summed E-state index contributed by atoms with van der Waals surface area (Å²) >= 11 is 0. The molecule has 0 amide bonds. The van der Waals surface area contributed by atoms with E-state index in [4.69, 9.17) is 5.84 Å². The Morgan fingerprint density at radius 1 is 1.69 bits per heavy atom. The maximum Gasteiger partial charge on any atom is 0.144 e. The lowest BCUT2D eigenvalue weighted by Crippen LogP contribution is -2.32. The number of nitrogens with zero attached hydrogens (tertiary/aromatic N) is 2. The molecular formula is C9H14N4. The normalized spacial score (nSPS) is 11.5. The molecule has 4 nitrogen and oxygen atoms in total. The van der Waals surface area contributed by atoms with E-state index in [-0.39, 0.29) is 0 Å². The zero-order valence-electron chi connectivity index (χ0n) is 7.91. The molecule has 0 saturated heterocycles. The van der Waals surface area contributed by atoms with Crippen LogP contribution in [0, 0.1) is 6.92 Å². The third-order valence-electron chi connectivity index (χ3n) is 1.71. The van der Waals surface area contributed by atoms with Crippen LogP contribution in [0.1, 0.15) is 18.2 Å². The summed E-state index contributed by atoms with van der Waals surface area (Å²) in [4.78, 5) is 8.37. The standard InChI is InChI=1S/C9H14N4/c1-3-11-9(13-10)8-5-4-6-12-7(8)2/h4-6H,3,10H2,1-2H3,(H,11,13). The summed E-state index contributed by atoms with van der Waals surface area (Å²) < 4.78 is 0. The van der Waals surface area contributed by atoms with Gasteiger partial charge >= 0.3 is 0 Å². The van der Waals surface area contributed by atoms with Crippen LogP contribution in [-0.4, -0.2) is 17.4 Å². The highest BCUT2D eigenvalue weighted by Gasteiger charge is 2.03. The molecule has 0 aliphatic carbocycles. The van der Waals surface area contributed by atoms with Crippen molar-refractivity contribution in [3.63, 3.8) is 0 Å². The first-order chi connectivity index (χ1) is 6.29. The van der Waals surface area contributed by atoms with Gasteiger partial charge < -0.3 is 5.43 Å². The van der Waals surface area contributed by atoms with Crippen molar-refractivity contribution in [2.45, 2.75) is 13.8 Å². The predicted octanol–water partition coefficient (Wildman–Crippen LogP) is 0.620. The number of aryl methyl sites for hydroxylation is 1. The number of nitrogens with two attached hydrogens (primary N) is 1. The molecule has 70 valence electrons. The highest BCUT2D eigenvalue weighted by Crippen LogP contribution is 2.03. The lowest BCUT2D eigenvalue weighted by Gasteiger charge is -2.06. The molecule has 1 rings (SSSR count). The van der Waals surface area contributed by atoms with E-state index in [9.17, 15) is 0 Å². The molecule has 0 radical (unpaired) electrons. The van der Waals surface area contributed by atoms with Crippen molar-refractivity contribution in [1.82, 2.24) is 10.4 Å². The second-order valence-corrected chi connectivity index (χ2v) is 2.60. The number of rotatable bonds is 2. The minimum absolute atomic E-state index is 0.688. The topological polar surface area (TPSA) is 63.3 Å². The first kappa shape index (κ1) is 9.67. The number of hydrogen-bond acceptors (Lipinski definition) is 3. The Labute approximate surface area is 77.9 Å². The highest BCUT2D eigenvalue weighted by atomic mass is 15.2. The van der Waals surface area contributed by atoms with E-state index in [1.807, 2.05) is 26.0 Å². The average molecular weight is 178 g/mol. The number of aromatic nitrogens is 1. The number of aliphatic imine (C=N–C) groups is 1. The Kier molecular flexibility index (Phi) is 3.40. The molecule has 13 heavy (non-hydrogen) atoms. The number of pyridine rings is 1. The maximum atomic E-state index is 5.35. The fraction of sp³-hybridized carbons (Fsp3) is 0.333. The van der Waals surface area contributed by atoms with E-state index < -0.39 is 0 Å². The van der Waals surface area contributed by atoms with Crippen LogP contribution < -0.4 is 11.3 Å². The van der Waals surface area contributed by atoms with Crippen LogP contribution in [0.25, 0.3) is 0 Å². The fourth-order valence-electron chi connectivity index (χ4n) is 1.10. The van der Waals surface area contributed by atoms with Crippen molar-refractivity contribution in [1.29, 1.82) is 0 Å². The fourth-order valence-corrected chi connectivity index (χ4v) is 1.10. The Balaban J connectivity index is 3.05. The van der Waals surface area contributed by atoms with E-state index in [0.29, 0.717) is 12.4 Å². The highest BCUT2D eigenvalue weighted by molar-refractivity contribution is 5.99. The molecule has 0 fully saturated rings. The zero-order chi connectivity index (χ0) is 9.68. The summed E-state index contributed by atoms with van der Waals surface area (Å²) in [5.74, 6) is 6.04. The first-order valence-electron chi connectivity index (χ1n) is 4.22. The monoisotopic (exact) mass is 178 g/mol. The van der Waals surface area contributed by atoms with Crippen LogP contribution in [0.4, 0.5) is 0 Å². The molecule has 1 aromatic rings. The molecule has 1 aromatic heterocycles. The maximum absolute atomic E-state index is 5.35. The van der Waals surface area contributed by atoms with Gasteiger partial charge in [0.15, 0.2) is 0 Å². The van der Waals surface area contributed by atoms with Gasteiger partial charge in [0.25, 0.3) is 0 Å². The van der Waals surface area contributed by atoms with Gasteiger partial charge in [-0.2, -0.15) is 0 Å². The molecule has 1 heterocycles. The van der Waals surface area contributed by atoms with Gasteiger partial charge in [0.1, 0.15) is 5.84 Å². The zero-order valence-corrected chi connectivity index (χ0v) is 7.91. The van der Waals surface area contributed by atoms with Crippen LogP contribution in [0.2, 0.25) is 0 Å². The van der Waals surface area contributed by atoms with Gasteiger partial charge in [-0.15, -0.1) is 0 Å². The summed E-state index contributed by atoms with van der Waals surface area (Å²) in [6, 6.07) is 3.81. The SMILES string of the molecule is CCN=C(NN)c1cccnc1C. The van der Waals surface area contributed by atoms with Crippen LogP contribution in [0.15, 0.2) is 23.3 Å². The molecule has 0 aromatic carbocycles. The summed E-state index contributed by atoms with van der Waals surface area (Å²) in [6.45, 7) is 4.59. The lowest BCUT2D eigenvalue weighted by atomic mass is 10.2. The van der Waals surface area contributed by atoms with Crippen LogP contribution in [-0.2, 0) is 0 Å². The van der Waals surface area contributed by atoms with Crippen molar-refractivity contribution in [2.24, 2.45) is 10.8 Å². The molecule has 3 N–H and O–H groups in total. The summed E-state index contributed by atoms with van der Waals surface area (Å²) in [6.07, 6.45) is 1.75. The Hall–Kier alpha value is -1.42. The summed E-state index contributed by atoms with van der Waals surface area (Å²) in [7, 11) is 0. The molecular weight excluding hydrogens is 164 g/mol. The molecule has 0 unspecified atom stereocenters. The molecule has 0 atom stereocenters. The van der Waals surface area contributed by atoms with E-state index in [1.54, 1.807) is 6.20 Å². The number of amidine groups is 1. The Bertz CT molecular complexity index is 306. The molecule has 0 aliphatic heterocycles. The van der Waals surface area contributed by atoms with Gasteiger partial charge in [-0.3, -0.25) is 9.98 Å². The largest absolute Gasteiger partial charge is 0.308 e. The van der Waals surface area contributed by atoms with Crippen molar-refractivity contribution in [2.75, 3.05) is 6.54 Å². The molecule has 0 saturated carbocycles. The van der Waals surface area contributed by atoms with Gasteiger partial charge in [-0.1, -0.05) is 0 Å². The second kappa shape index (κ2) is 4.57. The van der Waals surface area contributed by atoms with E-state index in [2.05, 4.69) is 15.4 Å². The summed E-state index contributed by atoms with van der Waals surface area (Å²) in [5, 5.41) is 0. The van der Waals surface area contributed by atoms with Gasteiger partial charge in [0.05, 0.1) is 0 Å². The van der Waals surface area contributed by atoms with Gasteiger partial charge in [0, 0.05) is 24.0 Å². The van der Waals surface area contributed by atoms with Gasteiger partial charge in [-0.25, -0.2) is 5.84 Å². The van der Waals surface area contributed by atoms with Crippen LogP contribution in [0.3, 0.4) is 0 Å². The molecule has 0 spiro atoms. The smallest absolute Gasteiger partial charge is 0.144 e. The number of nitrogens with one attached hydrogen (secondary N) is 1. The average Bonchev–Trinajstić information content (AvgIpc) is 2.16. The van der Waals surface area contributed by atoms with Gasteiger partial charge in [0.2, 0.25) is 0 Å². The van der Waals surface area contributed by atoms with E-state index in [0.717, 1.165) is 11.3 Å². The minimum Gasteiger partial charge on any atom is -0.308 e. The minimum atomic E-state index is 0.688. The Morgan fingerprint density at radius 2 is 2.46 bits per heavy atom. The second-order valence-electron chi connectivity index (χ2n) is 2.60. The molecule has 0 bridgehead atoms. The van der Waals surface area contributed by atoms with E-state index in [1.165, 1.54) is 0 Å². The third kappa shape index (κ3) is 2.26. The molecule has 0 aliphatic rings. The predicted molar refractivity (Wildman–Crippen MR) is 53.4 cm³/mol. The first-order valence-corrected chi connectivity index (χ1v) is 4.22. The lowest BCUT2D eigenvalue weighted by molar-refractivity contribution is 0.984. The van der Waals surface area contributed by atoms with E-state index >= 15 is 0 Å². The van der Waals surface area contributed by atoms with Crippen molar-refractivity contribution in [3.8, 4) is 0 Å².